The van der Waals surface area contributed by atoms with Gasteiger partial charge in [0.15, 0.2) is 6.10 Å². The van der Waals surface area contributed by atoms with Crippen LogP contribution in [0.5, 0.6) is 5.75 Å². The van der Waals surface area contributed by atoms with E-state index >= 15 is 0 Å². The predicted octanol–water partition coefficient (Wildman–Crippen LogP) is 4.40. The number of aryl methyl sites for hydroxylation is 1. The van der Waals surface area contributed by atoms with Crippen LogP contribution in [0.25, 0.3) is 0 Å². The fourth-order valence-corrected chi connectivity index (χ4v) is 5.42. The molecule has 1 N–H and O–H groups in total. The van der Waals surface area contributed by atoms with Crippen molar-refractivity contribution in [1.29, 1.82) is 0 Å². The van der Waals surface area contributed by atoms with Gasteiger partial charge in [0.25, 0.3) is 15.9 Å². The molecule has 0 fully saturated rings. The topological polar surface area (TPSA) is 75.7 Å². The minimum absolute atomic E-state index is 0.0510. The molecular formula is C23H29ClN2O4S. The van der Waals surface area contributed by atoms with Crippen LogP contribution in [0, 0.1) is 18.8 Å². The molecule has 8 heteroatoms. The normalized spacial score (nSPS) is 16.4. The maximum Gasteiger partial charge on any atom is 0.264 e. The van der Waals surface area contributed by atoms with E-state index in [9.17, 15) is 13.2 Å². The van der Waals surface area contributed by atoms with E-state index in [1.54, 1.807) is 42.5 Å². The largest absolute Gasteiger partial charge is 0.476 e. The fraction of sp³-hybridized carbons (Fsp3) is 0.435. The van der Waals surface area contributed by atoms with E-state index in [0.717, 1.165) is 5.56 Å². The highest BCUT2D eigenvalue weighted by molar-refractivity contribution is 7.92. The van der Waals surface area contributed by atoms with Gasteiger partial charge in [0.2, 0.25) is 0 Å². The Labute approximate surface area is 189 Å². The summed E-state index contributed by atoms with van der Waals surface area (Å²) in [6.07, 6.45) is -0.978. The quantitative estimate of drug-likeness (QED) is 0.687. The highest BCUT2D eigenvalue weighted by Crippen LogP contribution is 2.39. The van der Waals surface area contributed by atoms with Crippen molar-refractivity contribution in [1.82, 2.24) is 5.32 Å². The molecule has 2 aromatic rings. The fourth-order valence-electron chi connectivity index (χ4n) is 3.79. The van der Waals surface area contributed by atoms with E-state index in [1.165, 1.54) is 4.31 Å². The summed E-state index contributed by atoms with van der Waals surface area (Å²) in [5.74, 6) is 0.422. The molecule has 168 valence electrons. The molecular weight excluding hydrogens is 436 g/mol. The third-order valence-corrected chi connectivity index (χ3v) is 7.47. The minimum atomic E-state index is -3.92. The van der Waals surface area contributed by atoms with Crippen molar-refractivity contribution >= 4 is 33.2 Å². The van der Waals surface area contributed by atoms with Crippen LogP contribution in [-0.2, 0) is 14.8 Å². The van der Waals surface area contributed by atoms with E-state index in [1.807, 2.05) is 34.6 Å². The number of fused-ring (bicyclic) bond motifs is 1. The second kappa shape index (κ2) is 9.09. The third kappa shape index (κ3) is 4.99. The summed E-state index contributed by atoms with van der Waals surface area (Å²) >= 11 is 6.14. The van der Waals surface area contributed by atoms with Crippen molar-refractivity contribution in [3.05, 3.63) is 53.1 Å². The number of anilines is 1. The van der Waals surface area contributed by atoms with Gasteiger partial charge >= 0.3 is 0 Å². The zero-order chi connectivity index (χ0) is 22.9. The first kappa shape index (κ1) is 23.4. The van der Waals surface area contributed by atoms with E-state index in [4.69, 9.17) is 16.3 Å². The number of nitrogens with one attached hydrogen (secondary N) is 1. The number of carbonyl (C=O) groups is 1. The summed E-state index contributed by atoms with van der Waals surface area (Å²) in [6, 6.07) is 11.3. The molecule has 2 aromatic carbocycles. The Bertz CT molecular complexity index is 1040. The number of hydrogen-bond donors (Lipinski definition) is 1. The number of carbonyl (C=O) groups excluding carboxylic acids is 1. The molecule has 0 bridgehead atoms. The number of rotatable bonds is 6. The van der Waals surface area contributed by atoms with Gasteiger partial charge in [0.05, 0.1) is 17.1 Å². The Hall–Kier alpha value is -2.25. The molecule has 6 nitrogen and oxygen atoms in total. The third-order valence-electron chi connectivity index (χ3n) is 5.44. The van der Waals surface area contributed by atoms with Crippen molar-refractivity contribution in [3.63, 3.8) is 0 Å². The molecule has 1 amide bonds. The molecule has 31 heavy (non-hydrogen) atoms. The summed E-state index contributed by atoms with van der Waals surface area (Å²) in [5.41, 5.74) is 1.27. The van der Waals surface area contributed by atoms with Crippen LogP contribution in [0.2, 0.25) is 5.02 Å². The van der Waals surface area contributed by atoms with Crippen molar-refractivity contribution in [2.45, 2.75) is 51.7 Å². The molecule has 1 heterocycles. The number of sulfonamides is 1. The molecule has 0 unspecified atom stereocenters. The SMILES string of the molecule is Cc1ccc(S(=O)(=O)N2C[C@@H](C(=O)NC(C(C)C)C(C)C)Oc3ccc(Cl)cc32)cc1. The molecule has 1 aliphatic rings. The second-order valence-electron chi connectivity index (χ2n) is 8.59. The molecule has 0 saturated heterocycles. The molecule has 1 atom stereocenters. The number of nitrogens with zero attached hydrogens (tertiary/aromatic N) is 1. The monoisotopic (exact) mass is 464 g/mol. The first-order valence-electron chi connectivity index (χ1n) is 10.4. The van der Waals surface area contributed by atoms with Crippen LogP contribution in [-0.4, -0.2) is 33.0 Å². The number of halogens is 1. The molecule has 0 saturated carbocycles. The lowest BCUT2D eigenvalue weighted by Gasteiger charge is -2.36. The van der Waals surface area contributed by atoms with Gasteiger partial charge < -0.3 is 10.1 Å². The minimum Gasteiger partial charge on any atom is -0.476 e. The van der Waals surface area contributed by atoms with Gasteiger partial charge in [-0.15, -0.1) is 0 Å². The molecule has 0 radical (unpaired) electrons. The van der Waals surface area contributed by atoms with Gasteiger partial charge in [-0.2, -0.15) is 0 Å². The van der Waals surface area contributed by atoms with Crippen molar-refractivity contribution < 1.29 is 17.9 Å². The zero-order valence-corrected chi connectivity index (χ0v) is 20.0. The van der Waals surface area contributed by atoms with E-state index in [0.29, 0.717) is 16.5 Å². The Morgan fingerprint density at radius 1 is 1.10 bits per heavy atom. The van der Waals surface area contributed by atoms with Crippen LogP contribution >= 0.6 is 11.6 Å². The molecule has 0 spiro atoms. The lowest BCUT2D eigenvalue weighted by atomic mass is 9.93. The first-order valence-corrected chi connectivity index (χ1v) is 12.2. The molecule has 0 aliphatic carbocycles. The molecule has 1 aliphatic heterocycles. The van der Waals surface area contributed by atoms with Gasteiger partial charge in [0, 0.05) is 11.1 Å². The maximum absolute atomic E-state index is 13.5. The second-order valence-corrected chi connectivity index (χ2v) is 10.9. The van der Waals surface area contributed by atoms with E-state index < -0.39 is 16.1 Å². The van der Waals surface area contributed by atoms with Crippen LogP contribution < -0.4 is 14.4 Å². The number of amides is 1. The first-order chi connectivity index (χ1) is 14.5. The summed E-state index contributed by atoms with van der Waals surface area (Å²) < 4.78 is 34.1. The van der Waals surface area contributed by atoms with Crippen molar-refractivity contribution in [2.75, 3.05) is 10.8 Å². The molecule has 0 aromatic heterocycles. The summed E-state index contributed by atoms with van der Waals surface area (Å²) in [6.45, 7) is 9.91. The van der Waals surface area contributed by atoms with Crippen LogP contribution in [0.3, 0.4) is 0 Å². The van der Waals surface area contributed by atoms with Gasteiger partial charge in [-0.1, -0.05) is 57.0 Å². The number of benzene rings is 2. The average molecular weight is 465 g/mol. The lowest BCUT2D eigenvalue weighted by Crippen LogP contribution is -2.54. The zero-order valence-electron chi connectivity index (χ0n) is 18.4. The van der Waals surface area contributed by atoms with Gasteiger partial charge in [-0.05, 0) is 49.1 Å². The van der Waals surface area contributed by atoms with Crippen LogP contribution in [0.4, 0.5) is 5.69 Å². The summed E-state index contributed by atoms with van der Waals surface area (Å²) in [5, 5.41) is 3.42. The van der Waals surface area contributed by atoms with Gasteiger partial charge in [-0.25, -0.2) is 8.42 Å². The average Bonchev–Trinajstić information content (AvgIpc) is 2.70. The number of hydrogen-bond acceptors (Lipinski definition) is 4. The van der Waals surface area contributed by atoms with Gasteiger partial charge in [0.1, 0.15) is 5.75 Å². The van der Waals surface area contributed by atoms with E-state index in [-0.39, 0.29) is 35.2 Å². The maximum atomic E-state index is 13.5. The predicted molar refractivity (Wildman–Crippen MR) is 123 cm³/mol. The highest BCUT2D eigenvalue weighted by atomic mass is 35.5. The highest BCUT2D eigenvalue weighted by Gasteiger charge is 2.38. The Kier molecular flexibility index (Phi) is 6.86. The summed E-state index contributed by atoms with van der Waals surface area (Å²) in [7, 11) is -3.92. The van der Waals surface area contributed by atoms with Crippen LogP contribution in [0.15, 0.2) is 47.4 Å². The van der Waals surface area contributed by atoms with Crippen molar-refractivity contribution in [2.24, 2.45) is 11.8 Å². The Balaban J connectivity index is 1.98. The molecule has 3 rings (SSSR count). The van der Waals surface area contributed by atoms with Crippen molar-refractivity contribution in [3.8, 4) is 5.75 Å². The van der Waals surface area contributed by atoms with E-state index in [2.05, 4.69) is 5.32 Å². The summed E-state index contributed by atoms with van der Waals surface area (Å²) in [4.78, 5) is 13.2. The lowest BCUT2D eigenvalue weighted by molar-refractivity contribution is -0.129. The Morgan fingerprint density at radius 3 is 2.29 bits per heavy atom. The Morgan fingerprint density at radius 2 is 1.71 bits per heavy atom. The smallest absolute Gasteiger partial charge is 0.264 e. The van der Waals surface area contributed by atoms with Crippen LogP contribution in [0.1, 0.15) is 33.3 Å². The number of ether oxygens (including phenoxy) is 1. The van der Waals surface area contributed by atoms with Gasteiger partial charge in [-0.3, -0.25) is 9.10 Å². The standard InChI is InChI=1S/C23H29ClN2O4S/c1-14(2)22(15(3)4)25-23(27)21-13-26(19-12-17(24)8-11-20(19)30-21)31(28,29)18-9-6-16(5)7-10-18/h6-12,14-15,21-22H,13H2,1-5H3,(H,25,27)/t21-/m0/s1.